The molecule has 1 aromatic heterocycles. The van der Waals surface area contributed by atoms with E-state index in [4.69, 9.17) is 9.15 Å². The van der Waals surface area contributed by atoms with Gasteiger partial charge < -0.3 is 9.15 Å². The SMILES string of the molecule is CCCc1cccc(CN2CCCCC2c2nnc(C3CCOCC3)o2)c1. The zero-order valence-corrected chi connectivity index (χ0v) is 16.4. The number of aryl methyl sites for hydroxylation is 1. The molecule has 0 N–H and O–H groups in total. The lowest BCUT2D eigenvalue weighted by Crippen LogP contribution is -2.33. The van der Waals surface area contributed by atoms with E-state index in [1.807, 2.05) is 0 Å². The van der Waals surface area contributed by atoms with Gasteiger partial charge in [0, 0.05) is 25.7 Å². The predicted octanol–water partition coefficient (Wildman–Crippen LogP) is 4.64. The van der Waals surface area contributed by atoms with Crippen LogP contribution in [0.15, 0.2) is 28.7 Å². The molecule has 1 atom stereocenters. The summed E-state index contributed by atoms with van der Waals surface area (Å²) in [5.41, 5.74) is 2.82. The number of ether oxygens (including phenoxy) is 1. The molecule has 3 heterocycles. The van der Waals surface area contributed by atoms with Crippen molar-refractivity contribution >= 4 is 0 Å². The van der Waals surface area contributed by atoms with Gasteiger partial charge in [0.2, 0.25) is 11.8 Å². The zero-order valence-electron chi connectivity index (χ0n) is 16.4. The van der Waals surface area contributed by atoms with Crippen molar-refractivity contribution in [2.45, 2.75) is 70.4 Å². The van der Waals surface area contributed by atoms with E-state index in [9.17, 15) is 0 Å². The number of likely N-dealkylation sites (tertiary alicyclic amines) is 1. The first-order chi connectivity index (χ1) is 13.3. The Hall–Kier alpha value is -1.72. The maximum Gasteiger partial charge on any atom is 0.233 e. The summed E-state index contributed by atoms with van der Waals surface area (Å²) < 4.78 is 11.6. The van der Waals surface area contributed by atoms with Crippen molar-refractivity contribution in [2.75, 3.05) is 19.8 Å². The smallest absolute Gasteiger partial charge is 0.233 e. The Kier molecular flexibility index (Phi) is 6.20. The standard InChI is InChI=1S/C22H31N3O2/c1-2-6-17-7-5-8-18(15-17)16-25-12-4-3-9-20(25)22-24-23-21(27-22)19-10-13-26-14-11-19/h5,7-8,15,19-20H,2-4,6,9-14,16H2,1H3. The summed E-state index contributed by atoms with van der Waals surface area (Å²) >= 11 is 0. The Bertz CT molecular complexity index is 724. The second-order valence-corrected chi connectivity index (χ2v) is 7.92. The first kappa shape index (κ1) is 18.6. The van der Waals surface area contributed by atoms with Crippen LogP contribution in [-0.4, -0.2) is 34.9 Å². The number of piperidine rings is 1. The average Bonchev–Trinajstić information content (AvgIpc) is 3.20. The molecule has 4 rings (SSSR count). The normalized spacial score (nSPS) is 22.2. The van der Waals surface area contributed by atoms with Crippen LogP contribution in [0.5, 0.6) is 0 Å². The van der Waals surface area contributed by atoms with Crippen molar-refractivity contribution in [3.63, 3.8) is 0 Å². The number of hydrogen-bond acceptors (Lipinski definition) is 5. The van der Waals surface area contributed by atoms with Crippen LogP contribution in [0.3, 0.4) is 0 Å². The monoisotopic (exact) mass is 369 g/mol. The van der Waals surface area contributed by atoms with Crippen LogP contribution in [-0.2, 0) is 17.7 Å². The van der Waals surface area contributed by atoms with Crippen molar-refractivity contribution in [3.05, 3.63) is 47.2 Å². The van der Waals surface area contributed by atoms with Crippen LogP contribution >= 0.6 is 0 Å². The second kappa shape index (κ2) is 8.98. The number of rotatable bonds is 6. The third-order valence-corrected chi connectivity index (χ3v) is 5.84. The summed E-state index contributed by atoms with van der Waals surface area (Å²) in [6.45, 7) is 5.88. The van der Waals surface area contributed by atoms with Gasteiger partial charge in [-0.15, -0.1) is 10.2 Å². The van der Waals surface area contributed by atoms with E-state index < -0.39 is 0 Å². The summed E-state index contributed by atoms with van der Waals surface area (Å²) in [5, 5.41) is 8.85. The topological polar surface area (TPSA) is 51.4 Å². The van der Waals surface area contributed by atoms with E-state index in [-0.39, 0.29) is 6.04 Å². The van der Waals surface area contributed by atoms with Gasteiger partial charge in [0.1, 0.15) is 0 Å². The van der Waals surface area contributed by atoms with Gasteiger partial charge in [-0.2, -0.15) is 0 Å². The van der Waals surface area contributed by atoms with E-state index in [2.05, 4.69) is 46.3 Å². The van der Waals surface area contributed by atoms with Gasteiger partial charge >= 0.3 is 0 Å². The molecule has 5 heteroatoms. The molecule has 1 unspecified atom stereocenters. The molecule has 27 heavy (non-hydrogen) atoms. The minimum atomic E-state index is 0.245. The van der Waals surface area contributed by atoms with E-state index >= 15 is 0 Å². The highest BCUT2D eigenvalue weighted by molar-refractivity contribution is 5.23. The highest BCUT2D eigenvalue weighted by atomic mass is 16.5. The van der Waals surface area contributed by atoms with Crippen molar-refractivity contribution < 1.29 is 9.15 Å². The third-order valence-electron chi connectivity index (χ3n) is 5.84. The highest BCUT2D eigenvalue weighted by Gasteiger charge is 2.30. The van der Waals surface area contributed by atoms with Crippen LogP contribution in [0.25, 0.3) is 0 Å². The fraction of sp³-hybridized carbons (Fsp3) is 0.636. The van der Waals surface area contributed by atoms with E-state index in [1.165, 1.54) is 30.4 Å². The summed E-state index contributed by atoms with van der Waals surface area (Å²) in [6.07, 6.45) is 7.88. The van der Waals surface area contributed by atoms with Gasteiger partial charge in [-0.05, 0) is 49.8 Å². The molecule has 0 spiro atoms. The fourth-order valence-electron chi connectivity index (χ4n) is 4.36. The summed E-state index contributed by atoms with van der Waals surface area (Å²) in [4.78, 5) is 2.52. The molecule has 2 saturated heterocycles. The Balaban J connectivity index is 1.47. The second-order valence-electron chi connectivity index (χ2n) is 7.92. The van der Waals surface area contributed by atoms with Crippen LogP contribution in [0, 0.1) is 0 Å². The lowest BCUT2D eigenvalue weighted by Gasteiger charge is -2.33. The molecule has 146 valence electrons. The molecule has 2 aliphatic heterocycles. The van der Waals surface area contributed by atoms with Gasteiger partial charge in [0.25, 0.3) is 0 Å². The summed E-state index contributed by atoms with van der Waals surface area (Å²) in [5.74, 6) is 1.98. The van der Waals surface area contributed by atoms with Crippen molar-refractivity contribution in [1.82, 2.24) is 15.1 Å². The first-order valence-corrected chi connectivity index (χ1v) is 10.6. The van der Waals surface area contributed by atoms with Crippen molar-refractivity contribution in [2.24, 2.45) is 0 Å². The van der Waals surface area contributed by atoms with Crippen molar-refractivity contribution in [1.29, 1.82) is 0 Å². The van der Waals surface area contributed by atoms with E-state index in [0.29, 0.717) is 5.92 Å². The van der Waals surface area contributed by atoms with Crippen LogP contribution in [0.2, 0.25) is 0 Å². The van der Waals surface area contributed by atoms with Crippen molar-refractivity contribution in [3.8, 4) is 0 Å². The molecule has 0 bridgehead atoms. The maximum absolute atomic E-state index is 6.17. The average molecular weight is 370 g/mol. The Labute approximate surface area is 162 Å². The van der Waals surface area contributed by atoms with E-state index in [1.54, 1.807) is 0 Å². The summed E-state index contributed by atoms with van der Waals surface area (Å²) in [6, 6.07) is 9.27. The fourth-order valence-corrected chi connectivity index (χ4v) is 4.36. The van der Waals surface area contributed by atoms with Gasteiger partial charge in [-0.25, -0.2) is 0 Å². The minimum Gasteiger partial charge on any atom is -0.423 e. The molecule has 1 aromatic carbocycles. The van der Waals surface area contributed by atoms with Gasteiger partial charge in [-0.3, -0.25) is 4.90 Å². The molecule has 0 aliphatic carbocycles. The van der Waals surface area contributed by atoms with Gasteiger partial charge in [0.05, 0.1) is 6.04 Å². The molecule has 2 aromatic rings. The maximum atomic E-state index is 6.17. The highest BCUT2D eigenvalue weighted by Crippen LogP contribution is 2.34. The molecule has 0 amide bonds. The first-order valence-electron chi connectivity index (χ1n) is 10.6. The lowest BCUT2D eigenvalue weighted by molar-refractivity contribution is 0.0768. The Morgan fingerprint density at radius 1 is 1.04 bits per heavy atom. The van der Waals surface area contributed by atoms with Gasteiger partial charge in [0.15, 0.2) is 0 Å². The molecule has 0 saturated carbocycles. The van der Waals surface area contributed by atoms with Crippen LogP contribution in [0.1, 0.15) is 80.3 Å². The number of nitrogens with zero attached hydrogens (tertiary/aromatic N) is 3. The molecule has 2 fully saturated rings. The number of benzene rings is 1. The lowest BCUT2D eigenvalue weighted by atomic mass is 10.00. The van der Waals surface area contributed by atoms with Crippen LogP contribution < -0.4 is 0 Å². The molecular weight excluding hydrogens is 338 g/mol. The Morgan fingerprint density at radius 2 is 1.85 bits per heavy atom. The number of hydrogen-bond donors (Lipinski definition) is 0. The zero-order chi connectivity index (χ0) is 18.5. The predicted molar refractivity (Wildman–Crippen MR) is 105 cm³/mol. The minimum absolute atomic E-state index is 0.245. The van der Waals surface area contributed by atoms with Crippen LogP contribution in [0.4, 0.5) is 0 Å². The van der Waals surface area contributed by atoms with Gasteiger partial charge in [-0.1, -0.05) is 44.0 Å². The summed E-state index contributed by atoms with van der Waals surface area (Å²) in [7, 11) is 0. The number of aromatic nitrogens is 2. The van der Waals surface area contributed by atoms with E-state index in [0.717, 1.165) is 63.8 Å². The quantitative estimate of drug-likeness (QED) is 0.742. The third kappa shape index (κ3) is 4.58. The molecular formula is C22H31N3O2. The Morgan fingerprint density at radius 3 is 2.70 bits per heavy atom. The molecule has 2 aliphatic rings. The largest absolute Gasteiger partial charge is 0.423 e. The molecule has 0 radical (unpaired) electrons. The molecule has 5 nitrogen and oxygen atoms in total.